The summed E-state index contributed by atoms with van der Waals surface area (Å²) in [5.74, 6) is 1.18. The first-order chi connectivity index (χ1) is 9.79. The highest BCUT2D eigenvalue weighted by Gasteiger charge is 2.23. The van der Waals surface area contributed by atoms with Gasteiger partial charge in [0.25, 0.3) is 0 Å². The van der Waals surface area contributed by atoms with Crippen LogP contribution in [-0.2, 0) is 9.53 Å². The monoisotopic (exact) mass is 345 g/mol. The maximum absolute atomic E-state index is 12.2. The van der Waals surface area contributed by atoms with Gasteiger partial charge in [-0.05, 0) is 25.2 Å². The van der Waals surface area contributed by atoms with Gasteiger partial charge < -0.3 is 9.64 Å². The van der Waals surface area contributed by atoms with Gasteiger partial charge in [0.2, 0.25) is 5.91 Å². The predicted molar refractivity (Wildman–Crippen MR) is 85.2 cm³/mol. The highest BCUT2D eigenvalue weighted by atomic mass is 79.9. The van der Waals surface area contributed by atoms with Gasteiger partial charge in [0.05, 0.1) is 12.7 Å². The van der Waals surface area contributed by atoms with Gasteiger partial charge in [0.1, 0.15) is 0 Å². The number of amides is 1. The minimum Gasteiger partial charge on any atom is -0.377 e. The molecule has 1 amide bonds. The molecule has 0 bridgehead atoms. The van der Waals surface area contributed by atoms with Crippen LogP contribution in [0, 0.1) is 5.92 Å². The van der Waals surface area contributed by atoms with Crippen LogP contribution < -0.4 is 0 Å². The van der Waals surface area contributed by atoms with Crippen molar-refractivity contribution in [1.82, 2.24) is 4.90 Å². The van der Waals surface area contributed by atoms with Crippen molar-refractivity contribution in [1.29, 1.82) is 0 Å². The normalized spacial score (nSPS) is 22.1. The zero-order valence-corrected chi connectivity index (χ0v) is 14.1. The molecule has 0 N–H and O–H groups in total. The molecular weight excluding hydrogens is 318 g/mol. The van der Waals surface area contributed by atoms with E-state index in [1.807, 2.05) is 0 Å². The third kappa shape index (κ3) is 5.36. The smallest absolute Gasteiger partial charge is 0.222 e. The zero-order valence-electron chi connectivity index (χ0n) is 12.5. The molecule has 1 aliphatic heterocycles. The Balaban J connectivity index is 1.61. The standard InChI is InChI=1S/C16H28BrNO2/c17-10-13-20-15-8-11-18(12-9-15)16(19)7-6-14-4-2-1-3-5-14/h14-15H,1-13H2. The van der Waals surface area contributed by atoms with Gasteiger partial charge in [-0.25, -0.2) is 0 Å². The maximum Gasteiger partial charge on any atom is 0.222 e. The number of rotatable bonds is 6. The third-order valence-corrected chi connectivity index (χ3v) is 5.04. The average Bonchev–Trinajstić information content (AvgIpc) is 2.52. The van der Waals surface area contributed by atoms with Crippen molar-refractivity contribution in [2.75, 3.05) is 25.0 Å². The van der Waals surface area contributed by atoms with E-state index in [1.165, 1.54) is 32.1 Å². The van der Waals surface area contributed by atoms with Crippen LogP contribution in [0.1, 0.15) is 57.8 Å². The number of carbonyl (C=O) groups is 1. The van der Waals surface area contributed by atoms with Gasteiger partial charge in [-0.2, -0.15) is 0 Å². The van der Waals surface area contributed by atoms with Gasteiger partial charge >= 0.3 is 0 Å². The van der Waals surface area contributed by atoms with Gasteiger partial charge in [-0.1, -0.05) is 48.0 Å². The van der Waals surface area contributed by atoms with Crippen molar-refractivity contribution in [3.8, 4) is 0 Å². The van der Waals surface area contributed by atoms with Crippen LogP contribution >= 0.6 is 15.9 Å². The molecule has 2 fully saturated rings. The summed E-state index contributed by atoms with van der Waals surface area (Å²) in [4.78, 5) is 14.3. The zero-order chi connectivity index (χ0) is 14.2. The Bertz CT molecular complexity index is 284. The number of carbonyl (C=O) groups excluding carboxylic acids is 1. The minimum atomic E-state index is 0.356. The quantitative estimate of drug-likeness (QED) is 0.686. The van der Waals surface area contributed by atoms with Crippen LogP contribution in [0.15, 0.2) is 0 Å². The highest BCUT2D eigenvalue weighted by molar-refractivity contribution is 9.09. The van der Waals surface area contributed by atoms with Crippen molar-refractivity contribution < 1.29 is 9.53 Å². The van der Waals surface area contributed by atoms with E-state index in [1.54, 1.807) is 0 Å². The summed E-state index contributed by atoms with van der Waals surface area (Å²) in [5, 5.41) is 0.896. The van der Waals surface area contributed by atoms with E-state index in [-0.39, 0.29) is 0 Å². The fourth-order valence-corrected chi connectivity index (χ4v) is 3.63. The fraction of sp³-hybridized carbons (Fsp3) is 0.938. The number of alkyl halides is 1. The second-order valence-electron chi connectivity index (χ2n) is 6.18. The first kappa shape index (κ1) is 16.3. The van der Waals surface area contributed by atoms with E-state index in [9.17, 15) is 4.79 Å². The highest BCUT2D eigenvalue weighted by Crippen LogP contribution is 2.27. The van der Waals surface area contributed by atoms with E-state index >= 15 is 0 Å². The molecule has 0 spiro atoms. The Morgan fingerprint density at radius 1 is 1.10 bits per heavy atom. The molecule has 1 saturated carbocycles. The molecule has 0 aromatic heterocycles. The second-order valence-corrected chi connectivity index (χ2v) is 6.98. The predicted octanol–water partition coefficient (Wildman–Crippen LogP) is 3.75. The van der Waals surface area contributed by atoms with Crippen molar-refractivity contribution >= 4 is 21.8 Å². The largest absolute Gasteiger partial charge is 0.377 e. The second kappa shape index (κ2) is 9.04. The molecule has 0 aromatic rings. The Morgan fingerprint density at radius 2 is 1.80 bits per heavy atom. The van der Waals surface area contributed by atoms with Crippen molar-refractivity contribution in [3.05, 3.63) is 0 Å². The maximum atomic E-state index is 12.2. The van der Waals surface area contributed by atoms with Gasteiger partial charge in [0.15, 0.2) is 0 Å². The summed E-state index contributed by atoms with van der Waals surface area (Å²) in [6.45, 7) is 2.55. The molecule has 1 aliphatic carbocycles. The summed E-state index contributed by atoms with van der Waals surface area (Å²) >= 11 is 3.38. The fourth-order valence-electron chi connectivity index (χ4n) is 3.44. The number of hydrogen-bond acceptors (Lipinski definition) is 2. The van der Waals surface area contributed by atoms with E-state index in [4.69, 9.17) is 4.74 Å². The van der Waals surface area contributed by atoms with E-state index < -0.39 is 0 Å². The van der Waals surface area contributed by atoms with Crippen LogP contribution in [0.5, 0.6) is 0 Å². The summed E-state index contributed by atoms with van der Waals surface area (Å²) in [7, 11) is 0. The van der Waals surface area contributed by atoms with Gasteiger partial charge in [-0.15, -0.1) is 0 Å². The van der Waals surface area contributed by atoms with Gasteiger partial charge in [0, 0.05) is 24.8 Å². The molecule has 1 saturated heterocycles. The number of piperidine rings is 1. The van der Waals surface area contributed by atoms with Crippen molar-refractivity contribution in [3.63, 3.8) is 0 Å². The molecule has 0 unspecified atom stereocenters. The summed E-state index contributed by atoms with van der Waals surface area (Å²) < 4.78 is 5.73. The van der Waals surface area contributed by atoms with Gasteiger partial charge in [-0.3, -0.25) is 4.79 Å². The summed E-state index contributed by atoms with van der Waals surface area (Å²) in [5.41, 5.74) is 0. The Hall–Kier alpha value is -0.0900. The number of ether oxygens (including phenoxy) is 1. The number of halogens is 1. The molecule has 20 heavy (non-hydrogen) atoms. The number of hydrogen-bond donors (Lipinski definition) is 0. The van der Waals surface area contributed by atoms with Crippen molar-refractivity contribution in [2.24, 2.45) is 5.92 Å². The first-order valence-corrected chi connectivity index (χ1v) is 9.37. The molecule has 4 heteroatoms. The van der Waals surface area contributed by atoms with E-state index in [0.29, 0.717) is 12.0 Å². The lowest BCUT2D eigenvalue weighted by Crippen LogP contribution is -2.41. The van der Waals surface area contributed by atoms with E-state index in [0.717, 1.165) is 56.6 Å². The lowest BCUT2D eigenvalue weighted by atomic mass is 9.86. The van der Waals surface area contributed by atoms with E-state index in [2.05, 4.69) is 20.8 Å². The Labute approximate surface area is 131 Å². The molecule has 0 radical (unpaired) electrons. The van der Waals surface area contributed by atoms with Crippen LogP contribution in [0.25, 0.3) is 0 Å². The van der Waals surface area contributed by atoms with Crippen LogP contribution in [0.3, 0.4) is 0 Å². The van der Waals surface area contributed by atoms with Crippen LogP contribution in [0.2, 0.25) is 0 Å². The summed E-state index contributed by atoms with van der Waals surface area (Å²) in [6, 6.07) is 0. The SMILES string of the molecule is O=C(CCC1CCCCC1)N1CCC(OCCBr)CC1. The molecular formula is C16H28BrNO2. The summed E-state index contributed by atoms with van der Waals surface area (Å²) in [6.07, 6.45) is 11.1. The minimum absolute atomic E-state index is 0.356. The number of nitrogens with zero attached hydrogens (tertiary/aromatic N) is 1. The first-order valence-electron chi connectivity index (χ1n) is 8.25. The molecule has 0 atom stereocenters. The molecule has 3 nitrogen and oxygen atoms in total. The Kier molecular flexibility index (Phi) is 7.36. The van der Waals surface area contributed by atoms with Crippen LogP contribution in [-0.4, -0.2) is 41.9 Å². The topological polar surface area (TPSA) is 29.5 Å². The molecule has 1 heterocycles. The average molecular weight is 346 g/mol. The van der Waals surface area contributed by atoms with Crippen molar-refractivity contribution in [2.45, 2.75) is 63.9 Å². The third-order valence-electron chi connectivity index (χ3n) is 4.72. The lowest BCUT2D eigenvalue weighted by molar-refractivity contribution is -0.134. The number of likely N-dealkylation sites (tertiary alicyclic amines) is 1. The molecule has 2 aliphatic rings. The molecule has 2 rings (SSSR count). The Morgan fingerprint density at radius 3 is 2.45 bits per heavy atom. The molecule has 0 aromatic carbocycles. The lowest BCUT2D eigenvalue weighted by Gasteiger charge is -2.32. The molecule has 116 valence electrons. The van der Waals surface area contributed by atoms with Crippen LogP contribution in [0.4, 0.5) is 0 Å².